The second-order valence-electron chi connectivity index (χ2n) is 5.92. The number of halogens is 3. The van der Waals surface area contributed by atoms with Crippen LogP contribution in [0.3, 0.4) is 0 Å². The number of methoxy groups -OCH3 is 1. The van der Waals surface area contributed by atoms with Gasteiger partial charge in [0.05, 0.1) is 12.1 Å². The van der Waals surface area contributed by atoms with Gasteiger partial charge in [-0.25, -0.2) is 9.97 Å². The summed E-state index contributed by atoms with van der Waals surface area (Å²) in [6, 6.07) is 3.27. The van der Waals surface area contributed by atoms with Gasteiger partial charge in [0.25, 0.3) is 0 Å². The Morgan fingerprint density at radius 2 is 2.16 bits per heavy atom. The zero-order valence-electron chi connectivity index (χ0n) is 13.7. The lowest BCUT2D eigenvalue weighted by molar-refractivity contribution is -0.154. The molecule has 2 aromatic rings. The zero-order valence-corrected chi connectivity index (χ0v) is 13.7. The van der Waals surface area contributed by atoms with E-state index in [1.807, 2.05) is 0 Å². The van der Waals surface area contributed by atoms with Gasteiger partial charge in [0, 0.05) is 44.9 Å². The SMILES string of the molecule is CO[C@@H]1CC(c2ncc[nH]2)N(Cc2ccc(OCC(F)(F)F)nc2)C1. The number of likely N-dealkylation sites (tertiary alicyclic amines) is 1. The molecule has 6 nitrogen and oxygen atoms in total. The van der Waals surface area contributed by atoms with Crippen molar-refractivity contribution in [3.8, 4) is 5.88 Å². The van der Waals surface area contributed by atoms with Gasteiger partial charge in [-0.15, -0.1) is 0 Å². The summed E-state index contributed by atoms with van der Waals surface area (Å²) in [7, 11) is 1.68. The first-order valence-corrected chi connectivity index (χ1v) is 7.85. The summed E-state index contributed by atoms with van der Waals surface area (Å²) in [6.07, 6.45) is 1.58. The standard InChI is InChI=1S/C16H19F3N4O2/c1-24-12-6-13(15-20-4-5-21-15)23(9-12)8-11-2-3-14(22-7-11)25-10-16(17,18)19/h2-5,7,12-13H,6,8-10H2,1H3,(H,20,21)/t12-,13?/m1/s1. The molecule has 9 heteroatoms. The van der Waals surface area contributed by atoms with Crippen LogP contribution in [-0.2, 0) is 11.3 Å². The molecule has 1 aliphatic heterocycles. The minimum absolute atomic E-state index is 0.0418. The van der Waals surface area contributed by atoms with Crippen LogP contribution >= 0.6 is 0 Å². The number of hydrogen-bond acceptors (Lipinski definition) is 5. The van der Waals surface area contributed by atoms with Crippen molar-refractivity contribution >= 4 is 0 Å². The van der Waals surface area contributed by atoms with Gasteiger partial charge in [-0.05, 0) is 12.0 Å². The van der Waals surface area contributed by atoms with Gasteiger partial charge in [0.2, 0.25) is 5.88 Å². The van der Waals surface area contributed by atoms with Gasteiger partial charge in [0.15, 0.2) is 6.61 Å². The van der Waals surface area contributed by atoms with E-state index in [1.54, 1.807) is 25.6 Å². The fourth-order valence-electron chi connectivity index (χ4n) is 2.93. The summed E-state index contributed by atoms with van der Waals surface area (Å²) in [6.45, 7) is -0.00642. The topological polar surface area (TPSA) is 63.3 Å². The molecular weight excluding hydrogens is 337 g/mol. The molecule has 1 fully saturated rings. The van der Waals surface area contributed by atoms with E-state index in [-0.39, 0.29) is 18.0 Å². The number of nitrogens with one attached hydrogen (secondary N) is 1. The van der Waals surface area contributed by atoms with Crippen LogP contribution in [0.15, 0.2) is 30.7 Å². The van der Waals surface area contributed by atoms with Gasteiger partial charge in [-0.1, -0.05) is 6.07 Å². The lowest BCUT2D eigenvalue weighted by atomic mass is 10.2. The molecule has 1 saturated heterocycles. The van der Waals surface area contributed by atoms with E-state index in [9.17, 15) is 13.2 Å². The normalized spacial score (nSPS) is 21.6. The van der Waals surface area contributed by atoms with Crippen molar-refractivity contribution in [2.75, 3.05) is 20.3 Å². The highest BCUT2D eigenvalue weighted by Crippen LogP contribution is 2.32. The van der Waals surface area contributed by atoms with Crippen LogP contribution in [-0.4, -0.2) is 52.4 Å². The van der Waals surface area contributed by atoms with E-state index in [4.69, 9.17) is 4.74 Å². The number of aromatic amines is 1. The highest BCUT2D eigenvalue weighted by atomic mass is 19.4. The maximum atomic E-state index is 12.2. The monoisotopic (exact) mass is 356 g/mol. The quantitative estimate of drug-likeness (QED) is 0.862. The zero-order chi connectivity index (χ0) is 17.9. The van der Waals surface area contributed by atoms with E-state index in [0.29, 0.717) is 6.54 Å². The first-order valence-electron chi connectivity index (χ1n) is 7.85. The molecule has 2 atom stereocenters. The molecule has 1 aliphatic rings. The molecule has 0 spiro atoms. The van der Waals surface area contributed by atoms with Crippen LogP contribution in [0.25, 0.3) is 0 Å². The van der Waals surface area contributed by atoms with E-state index in [1.165, 1.54) is 12.3 Å². The lowest BCUT2D eigenvalue weighted by Gasteiger charge is -2.22. The number of ether oxygens (including phenoxy) is 2. The molecule has 25 heavy (non-hydrogen) atoms. The summed E-state index contributed by atoms with van der Waals surface area (Å²) < 4.78 is 46.6. The smallest absolute Gasteiger partial charge is 0.422 e. The molecule has 1 unspecified atom stereocenters. The first-order chi connectivity index (χ1) is 11.9. The van der Waals surface area contributed by atoms with Crippen molar-refractivity contribution in [3.63, 3.8) is 0 Å². The third-order valence-electron chi connectivity index (χ3n) is 4.10. The molecule has 0 radical (unpaired) electrons. The van der Waals surface area contributed by atoms with Crippen LogP contribution in [0.4, 0.5) is 13.2 Å². The Balaban J connectivity index is 1.64. The fraction of sp³-hybridized carbons (Fsp3) is 0.500. The summed E-state index contributed by atoms with van der Waals surface area (Å²) in [5, 5.41) is 0. The van der Waals surface area contributed by atoms with E-state index < -0.39 is 12.8 Å². The second kappa shape index (κ2) is 7.40. The van der Waals surface area contributed by atoms with Crippen molar-refractivity contribution in [1.82, 2.24) is 19.9 Å². The summed E-state index contributed by atoms with van der Waals surface area (Å²) in [5.74, 6) is 0.831. The Bertz CT molecular complexity index is 661. The summed E-state index contributed by atoms with van der Waals surface area (Å²) in [4.78, 5) is 13.6. The van der Waals surface area contributed by atoms with E-state index in [0.717, 1.165) is 24.4 Å². The minimum Gasteiger partial charge on any atom is -0.468 e. The number of imidazole rings is 1. The molecular formula is C16H19F3N4O2. The number of H-pyrrole nitrogens is 1. The van der Waals surface area contributed by atoms with Crippen molar-refractivity contribution in [3.05, 3.63) is 42.1 Å². The molecule has 136 valence electrons. The molecule has 0 bridgehead atoms. The highest BCUT2D eigenvalue weighted by Gasteiger charge is 2.34. The van der Waals surface area contributed by atoms with Gasteiger partial charge >= 0.3 is 6.18 Å². The largest absolute Gasteiger partial charge is 0.468 e. The van der Waals surface area contributed by atoms with Crippen LogP contribution < -0.4 is 4.74 Å². The van der Waals surface area contributed by atoms with Gasteiger partial charge in [-0.3, -0.25) is 4.90 Å². The Hall–Kier alpha value is -2.13. The molecule has 0 amide bonds. The number of rotatable bonds is 6. The Morgan fingerprint density at radius 1 is 1.32 bits per heavy atom. The van der Waals surface area contributed by atoms with E-state index >= 15 is 0 Å². The number of pyridine rings is 1. The van der Waals surface area contributed by atoms with Crippen molar-refractivity contribution in [2.24, 2.45) is 0 Å². The summed E-state index contributed by atoms with van der Waals surface area (Å²) in [5.41, 5.74) is 0.882. The molecule has 0 aromatic carbocycles. The number of hydrogen-bond donors (Lipinski definition) is 1. The highest BCUT2D eigenvalue weighted by molar-refractivity contribution is 5.18. The predicted octanol–water partition coefficient (Wildman–Crippen LogP) is 2.71. The Morgan fingerprint density at radius 3 is 2.76 bits per heavy atom. The molecule has 1 N–H and O–H groups in total. The number of nitrogens with zero attached hydrogens (tertiary/aromatic N) is 3. The average molecular weight is 356 g/mol. The maximum absolute atomic E-state index is 12.2. The van der Waals surface area contributed by atoms with E-state index in [2.05, 4.69) is 24.6 Å². The molecule has 0 saturated carbocycles. The third-order valence-corrected chi connectivity index (χ3v) is 4.10. The predicted molar refractivity (Wildman–Crippen MR) is 82.9 cm³/mol. The van der Waals surface area contributed by atoms with Crippen molar-refractivity contribution in [2.45, 2.75) is 31.3 Å². The third kappa shape index (κ3) is 4.70. The molecule has 0 aliphatic carbocycles. The van der Waals surface area contributed by atoms with Crippen molar-refractivity contribution < 1.29 is 22.6 Å². The maximum Gasteiger partial charge on any atom is 0.422 e. The summed E-state index contributed by atoms with van der Waals surface area (Å²) >= 11 is 0. The Labute approximate surface area is 143 Å². The molecule has 2 aromatic heterocycles. The van der Waals surface area contributed by atoms with Gasteiger partial charge < -0.3 is 14.5 Å². The number of aromatic nitrogens is 3. The Kier molecular flexibility index (Phi) is 5.24. The van der Waals surface area contributed by atoms with Crippen LogP contribution in [0, 0.1) is 0 Å². The molecule has 3 heterocycles. The minimum atomic E-state index is -4.37. The van der Waals surface area contributed by atoms with Gasteiger partial charge in [0.1, 0.15) is 5.82 Å². The molecule has 3 rings (SSSR count). The van der Waals surface area contributed by atoms with Crippen molar-refractivity contribution in [1.29, 1.82) is 0 Å². The fourth-order valence-corrected chi connectivity index (χ4v) is 2.93. The lowest BCUT2D eigenvalue weighted by Crippen LogP contribution is -2.25. The second-order valence-corrected chi connectivity index (χ2v) is 5.92. The average Bonchev–Trinajstić information content (AvgIpc) is 3.22. The number of alkyl halides is 3. The van der Waals surface area contributed by atoms with Gasteiger partial charge in [-0.2, -0.15) is 13.2 Å². The first kappa shape index (κ1) is 17.7. The van der Waals surface area contributed by atoms with Crippen LogP contribution in [0.5, 0.6) is 5.88 Å². The van der Waals surface area contributed by atoms with Crippen LogP contribution in [0.1, 0.15) is 23.9 Å². The van der Waals surface area contributed by atoms with Crippen LogP contribution in [0.2, 0.25) is 0 Å².